The van der Waals surface area contributed by atoms with Gasteiger partial charge in [0.15, 0.2) is 0 Å². The minimum atomic E-state index is 0.379. The molecule has 1 aliphatic rings. The number of fused-ring (bicyclic) bond motifs is 1. The molecule has 0 atom stereocenters. The third-order valence-electron chi connectivity index (χ3n) is 2.57. The summed E-state index contributed by atoms with van der Waals surface area (Å²) in [6, 6.07) is 0. The van der Waals surface area contributed by atoms with E-state index in [2.05, 4.69) is 9.97 Å². The van der Waals surface area contributed by atoms with Gasteiger partial charge in [0.25, 0.3) is 0 Å². The molecule has 1 aromatic rings. The molecule has 0 bridgehead atoms. The molecule has 4 nitrogen and oxygen atoms in total. The van der Waals surface area contributed by atoms with Gasteiger partial charge in [0.05, 0.1) is 19.3 Å². The molecule has 1 aromatic heterocycles. The third-order valence-corrected chi connectivity index (χ3v) is 2.57. The van der Waals surface area contributed by atoms with Gasteiger partial charge < -0.3 is 10.5 Å². The fourth-order valence-electron chi connectivity index (χ4n) is 1.87. The molecule has 0 aliphatic heterocycles. The Bertz CT molecular complexity index is 321. The summed E-state index contributed by atoms with van der Waals surface area (Å²) in [5, 5.41) is 0. The summed E-state index contributed by atoms with van der Waals surface area (Å²) in [5.74, 6) is 1.40. The summed E-state index contributed by atoms with van der Waals surface area (Å²) < 4.78 is 5.25. The van der Waals surface area contributed by atoms with E-state index in [-0.39, 0.29) is 0 Å². The lowest BCUT2D eigenvalue weighted by Gasteiger charge is -2.17. The van der Waals surface area contributed by atoms with E-state index in [9.17, 15) is 0 Å². The van der Waals surface area contributed by atoms with Crippen LogP contribution in [-0.4, -0.2) is 17.1 Å². The lowest BCUT2D eigenvalue weighted by Crippen LogP contribution is -2.13. The van der Waals surface area contributed by atoms with E-state index in [4.69, 9.17) is 10.5 Å². The predicted octanol–water partition coefficient (Wildman–Crippen LogP) is 0.823. The van der Waals surface area contributed by atoms with Gasteiger partial charge in [-0.25, -0.2) is 4.98 Å². The molecule has 0 radical (unpaired) electrons. The topological polar surface area (TPSA) is 61.0 Å². The number of rotatable bonds is 2. The lowest BCUT2D eigenvalue weighted by atomic mass is 9.97. The summed E-state index contributed by atoms with van der Waals surface area (Å²) in [6.07, 6.45) is 4.47. The lowest BCUT2D eigenvalue weighted by molar-refractivity contribution is 0.384. The van der Waals surface area contributed by atoms with Crippen LogP contribution in [0.25, 0.3) is 0 Å². The van der Waals surface area contributed by atoms with E-state index in [1.54, 1.807) is 7.11 Å². The molecule has 1 heterocycles. The first-order valence-corrected chi connectivity index (χ1v) is 4.98. The molecule has 0 fully saturated rings. The fraction of sp³-hybridized carbons (Fsp3) is 0.600. The molecule has 2 rings (SSSR count). The van der Waals surface area contributed by atoms with Gasteiger partial charge in [-0.15, -0.1) is 0 Å². The zero-order chi connectivity index (χ0) is 9.97. The molecular weight excluding hydrogens is 178 g/mol. The SMILES string of the molecule is COc1nc(CN)nc2c1CCCC2. The highest BCUT2D eigenvalue weighted by atomic mass is 16.5. The van der Waals surface area contributed by atoms with Crippen LogP contribution >= 0.6 is 0 Å². The second-order valence-corrected chi connectivity index (χ2v) is 3.49. The number of nitrogens with two attached hydrogens (primary N) is 1. The average molecular weight is 193 g/mol. The minimum absolute atomic E-state index is 0.379. The standard InChI is InChI=1S/C10H15N3O/c1-14-10-7-4-2-3-5-8(7)12-9(6-11)13-10/h2-6,11H2,1H3. The third kappa shape index (κ3) is 1.57. The van der Waals surface area contributed by atoms with Gasteiger partial charge in [-0.3, -0.25) is 0 Å². The molecule has 0 unspecified atom stereocenters. The number of nitrogens with zero attached hydrogens (tertiary/aromatic N) is 2. The van der Waals surface area contributed by atoms with Crippen molar-refractivity contribution in [2.45, 2.75) is 32.2 Å². The molecule has 0 aromatic carbocycles. The second-order valence-electron chi connectivity index (χ2n) is 3.49. The molecule has 0 saturated heterocycles. The Labute approximate surface area is 83.5 Å². The van der Waals surface area contributed by atoms with Crippen LogP contribution in [0.2, 0.25) is 0 Å². The first kappa shape index (κ1) is 9.40. The molecular formula is C10H15N3O. The molecule has 0 saturated carbocycles. The summed E-state index contributed by atoms with van der Waals surface area (Å²) in [5.41, 5.74) is 7.83. The first-order valence-electron chi connectivity index (χ1n) is 4.98. The number of hydrogen-bond acceptors (Lipinski definition) is 4. The Balaban J connectivity index is 2.47. The molecule has 76 valence electrons. The maximum Gasteiger partial charge on any atom is 0.219 e. The van der Waals surface area contributed by atoms with E-state index < -0.39 is 0 Å². The Hall–Kier alpha value is -1.16. The number of hydrogen-bond donors (Lipinski definition) is 1. The van der Waals surface area contributed by atoms with Crippen molar-refractivity contribution < 1.29 is 4.74 Å². The Kier molecular flexibility index (Phi) is 2.63. The monoisotopic (exact) mass is 193 g/mol. The largest absolute Gasteiger partial charge is 0.481 e. The number of methoxy groups -OCH3 is 1. The second kappa shape index (κ2) is 3.92. The highest BCUT2D eigenvalue weighted by Crippen LogP contribution is 2.26. The molecule has 2 N–H and O–H groups in total. The molecule has 0 amide bonds. The zero-order valence-electron chi connectivity index (χ0n) is 8.42. The fourth-order valence-corrected chi connectivity index (χ4v) is 1.87. The van der Waals surface area contributed by atoms with Crippen LogP contribution in [-0.2, 0) is 19.4 Å². The van der Waals surface area contributed by atoms with Crippen LogP contribution in [0.1, 0.15) is 29.9 Å². The van der Waals surface area contributed by atoms with Crippen LogP contribution in [0.15, 0.2) is 0 Å². The highest BCUT2D eigenvalue weighted by molar-refractivity contribution is 5.32. The van der Waals surface area contributed by atoms with Gasteiger partial charge in [-0.05, 0) is 25.7 Å². The van der Waals surface area contributed by atoms with Crippen molar-refractivity contribution in [3.63, 3.8) is 0 Å². The van der Waals surface area contributed by atoms with E-state index in [0.29, 0.717) is 12.4 Å². The normalized spacial score (nSPS) is 15.0. The van der Waals surface area contributed by atoms with Crippen LogP contribution in [0.3, 0.4) is 0 Å². The Morgan fingerprint density at radius 3 is 2.79 bits per heavy atom. The summed E-state index contributed by atoms with van der Waals surface area (Å²) in [4.78, 5) is 8.69. The van der Waals surface area contributed by atoms with Crippen LogP contribution in [0.5, 0.6) is 5.88 Å². The Morgan fingerprint density at radius 2 is 2.07 bits per heavy atom. The Morgan fingerprint density at radius 1 is 1.29 bits per heavy atom. The maximum atomic E-state index is 5.53. The molecule has 14 heavy (non-hydrogen) atoms. The van der Waals surface area contributed by atoms with Crippen LogP contribution < -0.4 is 10.5 Å². The molecule has 1 aliphatic carbocycles. The van der Waals surface area contributed by atoms with Crippen LogP contribution in [0.4, 0.5) is 0 Å². The van der Waals surface area contributed by atoms with Gasteiger partial charge in [-0.1, -0.05) is 0 Å². The smallest absolute Gasteiger partial charge is 0.219 e. The van der Waals surface area contributed by atoms with Gasteiger partial charge in [0.2, 0.25) is 5.88 Å². The average Bonchev–Trinajstić information content (AvgIpc) is 2.27. The van der Waals surface area contributed by atoms with Crippen molar-refractivity contribution in [3.8, 4) is 5.88 Å². The van der Waals surface area contributed by atoms with Crippen molar-refractivity contribution in [3.05, 3.63) is 17.1 Å². The summed E-state index contributed by atoms with van der Waals surface area (Å²) in [6.45, 7) is 0.379. The van der Waals surface area contributed by atoms with Crippen molar-refractivity contribution in [1.29, 1.82) is 0 Å². The van der Waals surface area contributed by atoms with E-state index >= 15 is 0 Å². The number of aromatic nitrogens is 2. The summed E-state index contributed by atoms with van der Waals surface area (Å²) >= 11 is 0. The number of aryl methyl sites for hydroxylation is 1. The van der Waals surface area contributed by atoms with Crippen molar-refractivity contribution in [2.24, 2.45) is 5.73 Å². The van der Waals surface area contributed by atoms with Crippen molar-refractivity contribution in [2.75, 3.05) is 7.11 Å². The van der Waals surface area contributed by atoms with E-state index in [1.165, 1.54) is 18.4 Å². The highest BCUT2D eigenvalue weighted by Gasteiger charge is 2.17. The van der Waals surface area contributed by atoms with Crippen LogP contribution in [0, 0.1) is 0 Å². The first-order chi connectivity index (χ1) is 6.85. The zero-order valence-corrected chi connectivity index (χ0v) is 8.42. The summed E-state index contributed by atoms with van der Waals surface area (Å²) in [7, 11) is 1.65. The van der Waals surface area contributed by atoms with Crippen molar-refractivity contribution in [1.82, 2.24) is 9.97 Å². The molecule has 4 heteroatoms. The van der Waals surface area contributed by atoms with E-state index in [1.807, 2.05) is 0 Å². The van der Waals surface area contributed by atoms with Gasteiger partial charge in [-0.2, -0.15) is 4.98 Å². The number of ether oxygens (including phenoxy) is 1. The maximum absolute atomic E-state index is 5.53. The minimum Gasteiger partial charge on any atom is -0.481 e. The van der Waals surface area contributed by atoms with Gasteiger partial charge >= 0.3 is 0 Å². The predicted molar refractivity (Wildman–Crippen MR) is 53.1 cm³/mol. The van der Waals surface area contributed by atoms with E-state index in [0.717, 1.165) is 24.4 Å². The molecule has 0 spiro atoms. The van der Waals surface area contributed by atoms with Gasteiger partial charge in [0, 0.05) is 5.56 Å². The quantitative estimate of drug-likeness (QED) is 0.755. The van der Waals surface area contributed by atoms with Crippen molar-refractivity contribution >= 4 is 0 Å². The van der Waals surface area contributed by atoms with Gasteiger partial charge in [0.1, 0.15) is 5.82 Å².